The van der Waals surface area contributed by atoms with Crippen molar-refractivity contribution in [1.29, 1.82) is 0 Å². The molecule has 1 aliphatic rings. The molecular weight excluding hydrogens is 204 g/mol. The van der Waals surface area contributed by atoms with Crippen molar-refractivity contribution in [3.63, 3.8) is 0 Å². The molecule has 3 heteroatoms. The van der Waals surface area contributed by atoms with Crippen LogP contribution in [0.3, 0.4) is 0 Å². The Morgan fingerprint density at radius 3 is 2.38 bits per heavy atom. The monoisotopic (exact) mass is 224 g/mol. The number of hydrogen-bond donors (Lipinski definition) is 0. The highest BCUT2D eigenvalue weighted by atomic mass is 16.5. The summed E-state index contributed by atoms with van der Waals surface area (Å²) in [6.07, 6.45) is 7.62. The van der Waals surface area contributed by atoms with E-state index in [0.29, 0.717) is 12.5 Å². The van der Waals surface area contributed by atoms with Gasteiger partial charge in [-0.3, -0.25) is 4.79 Å². The molecule has 1 saturated carbocycles. The number of carbonyl (C=O) groups excluding carboxylic acids is 2. The highest BCUT2D eigenvalue weighted by molar-refractivity contribution is 6.16. The van der Waals surface area contributed by atoms with Crippen molar-refractivity contribution < 1.29 is 14.3 Å². The molecule has 90 valence electrons. The van der Waals surface area contributed by atoms with Crippen molar-refractivity contribution >= 4 is 11.8 Å². The second-order valence-corrected chi connectivity index (χ2v) is 4.26. The Kier molecular flexibility index (Phi) is 5.23. The molecule has 0 atom stereocenters. The summed E-state index contributed by atoms with van der Waals surface area (Å²) < 4.78 is 4.88. The van der Waals surface area contributed by atoms with E-state index in [0.717, 1.165) is 12.8 Å². The van der Waals surface area contributed by atoms with E-state index in [-0.39, 0.29) is 11.4 Å². The van der Waals surface area contributed by atoms with E-state index in [1.54, 1.807) is 6.92 Å². The van der Waals surface area contributed by atoms with Crippen molar-refractivity contribution in [3.8, 4) is 0 Å². The Hall–Kier alpha value is -1.12. The standard InChI is InChI=1S/C13H20O3/c1-3-16-13(15)12(10(2)14)9-11-7-5-4-6-8-11/h9,11H,3-8H2,1-2H3. The lowest BCUT2D eigenvalue weighted by Gasteiger charge is -2.18. The molecule has 0 aromatic carbocycles. The molecule has 0 saturated heterocycles. The normalized spacial score (nSPS) is 18.2. The summed E-state index contributed by atoms with van der Waals surface area (Å²) in [5, 5.41) is 0. The van der Waals surface area contributed by atoms with Gasteiger partial charge in [-0.15, -0.1) is 0 Å². The Bertz CT molecular complexity index is 286. The average Bonchev–Trinajstić information content (AvgIpc) is 2.27. The maximum atomic E-state index is 11.5. The zero-order valence-corrected chi connectivity index (χ0v) is 10.1. The van der Waals surface area contributed by atoms with Gasteiger partial charge in [0.05, 0.1) is 12.2 Å². The molecule has 0 radical (unpaired) electrons. The van der Waals surface area contributed by atoms with Gasteiger partial charge >= 0.3 is 5.97 Å². The highest BCUT2D eigenvalue weighted by Gasteiger charge is 2.19. The van der Waals surface area contributed by atoms with E-state index >= 15 is 0 Å². The number of esters is 1. The SMILES string of the molecule is CCOC(=O)C(=CC1CCCCC1)C(C)=O. The minimum absolute atomic E-state index is 0.191. The number of allylic oxidation sites excluding steroid dienone is 1. The van der Waals surface area contributed by atoms with Crippen molar-refractivity contribution in [2.75, 3.05) is 6.61 Å². The fourth-order valence-corrected chi connectivity index (χ4v) is 2.07. The van der Waals surface area contributed by atoms with Gasteiger partial charge in [-0.25, -0.2) is 4.79 Å². The van der Waals surface area contributed by atoms with Crippen LogP contribution in [0.25, 0.3) is 0 Å². The summed E-state index contributed by atoms with van der Waals surface area (Å²) in [5.41, 5.74) is 0.230. The van der Waals surface area contributed by atoms with Gasteiger partial charge in [0.2, 0.25) is 0 Å². The van der Waals surface area contributed by atoms with Gasteiger partial charge in [-0.1, -0.05) is 25.3 Å². The van der Waals surface area contributed by atoms with E-state index in [9.17, 15) is 9.59 Å². The third-order valence-electron chi connectivity index (χ3n) is 2.93. The zero-order valence-electron chi connectivity index (χ0n) is 10.1. The molecule has 0 unspecified atom stereocenters. The second kappa shape index (κ2) is 6.46. The first-order valence-electron chi connectivity index (χ1n) is 6.05. The van der Waals surface area contributed by atoms with E-state index in [1.165, 1.54) is 26.2 Å². The number of ether oxygens (including phenoxy) is 1. The first-order chi connectivity index (χ1) is 7.65. The molecular formula is C13H20O3. The number of Topliss-reactive ketones (excluding diaryl/α,β-unsaturated/α-hetero) is 1. The van der Waals surface area contributed by atoms with Crippen LogP contribution in [0.2, 0.25) is 0 Å². The fraction of sp³-hybridized carbons (Fsp3) is 0.692. The zero-order chi connectivity index (χ0) is 12.0. The third-order valence-corrected chi connectivity index (χ3v) is 2.93. The minimum atomic E-state index is -0.472. The molecule has 0 spiro atoms. The molecule has 0 heterocycles. The summed E-state index contributed by atoms with van der Waals surface area (Å²) in [6, 6.07) is 0. The lowest BCUT2D eigenvalue weighted by Crippen LogP contribution is -2.16. The first-order valence-corrected chi connectivity index (χ1v) is 6.05. The molecule has 3 nitrogen and oxygen atoms in total. The van der Waals surface area contributed by atoms with Crippen molar-refractivity contribution in [2.45, 2.75) is 46.0 Å². The van der Waals surface area contributed by atoms with Gasteiger partial charge in [-0.05, 0) is 32.6 Å². The highest BCUT2D eigenvalue weighted by Crippen LogP contribution is 2.26. The van der Waals surface area contributed by atoms with Crippen molar-refractivity contribution in [2.24, 2.45) is 5.92 Å². The van der Waals surface area contributed by atoms with Crippen LogP contribution in [0, 0.1) is 5.92 Å². The Labute approximate surface area is 96.9 Å². The molecule has 0 aromatic rings. The molecule has 16 heavy (non-hydrogen) atoms. The minimum Gasteiger partial charge on any atom is -0.462 e. The summed E-state index contributed by atoms with van der Waals surface area (Å²) in [6.45, 7) is 3.48. The molecule has 0 aliphatic heterocycles. The summed E-state index contributed by atoms with van der Waals surface area (Å²) in [7, 11) is 0. The van der Waals surface area contributed by atoms with Crippen LogP contribution in [-0.4, -0.2) is 18.4 Å². The van der Waals surface area contributed by atoms with Crippen molar-refractivity contribution in [3.05, 3.63) is 11.6 Å². The van der Waals surface area contributed by atoms with Gasteiger partial charge in [0.1, 0.15) is 0 Å². The Morgan fingerprint density at radius 2 is 1.88 bits per heavy atom. The molecule has 0 bridgehead atoms. The molecule has 0 amide bonds. The lowest BCUT2D eigenvalue weighted by atomic mass is 9.87. The molecule has 0 aromatic heterocycles. The third kappa shape index (κ3) is 3.80. The van der Waals surface area contributed by atoms with Crippen LogP contribution in [0.1, 0.15) is 46.0 Å². The summed E-state index contributed by atoms with van der Waals surface area (Å²) in [5.74, 6) is -0.290. The van der Waals surface area contributed by atoms with Gasteiger partial charge in [-0.2, -0.15) is 0 Å². The van der Waals surface area contributed by atoms with Gasteiger partial charge in [0.15, 0.2) is 5.78 Å². The average molecular weight is 224 g/mol. The van der Waals surface area contributed by atoms with E-state index in [2.05, 4.69) is 0 Å². The second-order valence-electron chi connectivity index (χ2n) is 4.26. The number of ketones is 1. The molecule has 1 rings (SSSR count). The van der Waals surface area contributed by atoms with Gasteiger partial charge < -0.3 is 4.74 Å². The van der Waals surface area contributed by atoms with Crippen LogP contribution in [0.5, 0.6) is 0 Å². The number of hydrogen-bond acceptors (Lipinski definition) is 3. The Morgan fingerprint density at radius 1 is 1.25 bits per heavy atom. The van der Waals surface area contributed by atoms with Crippen LogP contribution in [-0.2, 0) is 14.3 Å². The largest absolute Gasteiger partial charge is 0.462 e. The van der Waals surface area contributed by atoms with Crippen molar-refractivity contribution in [1.82, 2.24) is 0 Å². The topological polar surface area (TPSA) is 43.4 Å². The van der Waals surface area contributed by atoms with E-state index in [4.69, 9.17) is 4.74 Å². The molecule has 1 fully saturated rings. The van der Waals surface area contributed by atoms with Crippen LogP contribution < -0.4 is 0 Å². The van der Waals surface area contributed by atoms with Gasteiger partial charge in [0.25, 0.3) is 0 Å². The number of carbonyl (C=O) groups is 2. The van der Waals surface area contributed by atoms with E-state index in [1.807, 2.05) is 6.08 Å². The lowest BCUT2D eigenvalue weighted by molar-refractivity contribution is -0.139. The van der Waals surface area contributed by atoms with Crippen LogP contribution in [0.15, 0.2) is 11.6 Å². The van der Waals surface area contributed by atoms with Crippen LogP contribution >= 0.6 is 0 Å². The molecule has 1 aliphatic carbocycles. The number of rotatable bonds is 4. The maximum Gasteiger partial charge on any atom is 0.341 e. The van der Waals surface area contributed by atoms with Crippen LogP contribution in [0.4, 0.5) is 0 Å². The molecule has 0 N–H and O–H groups in total. The predicted molar refractivity (Wildman–Crippen MR) is 62.0 cm³/mol. The fourth-order valence-electron chi connectivity index (χ4n) is 2.07. The van der Waals surface area contributed by atoms with Gasteiger partial charge in [0, 0.05) is 0 Å². The summed E-state index contributed by atoms with van der Waals surface area (Å²) in [4.78, 5) is 22.9. The maximum absolute atomic E-state index is 11.5. The first kappa shape index (κ1) is 12.9. The smallest absolute Gasteiger partial charge is 0.341 e. The quantitative estimate of drug-likeness (QED) is 0.319. The van der Waals surface area contributed by atoms with E-state index < -0.39 is 5.97 Å². The predicted octanol–water partition coefficient (Wildman–Crippen LogP) is 2.65. The Balaban J connectivity index is 2.71. The summed E-state index contributed by atoms with van der Waals surface area (Å²) >= 11 is 0.